The first-order chi connectivity index (χ1) is 16.3. The van der Waals surface area contributed by atoms with Gasteiger partial charge >= 0.3 is 63.3 Å². The maximum Gasteiger partial charge on any atom is 1.00 e. The minimum atomic E-state index is -4.57. The van der Waals surface area contributed by atoms with E-state index in [0.717, 1.165) is 19.3 Å². The van der Waals surface area contributed by atoms with Gasteiger partial charge in [0.1, 0.15) is 16.7 Å². The zero-order valence-corrected chi connectivity index (χ0v) is 25.7. The monoisotopic (exact) mass is 536 g/mol. The van der Waals surface area contributed by atoms with Crippen LogP contribution < -0.4 is 51.4 Å². The summed E-state index contributed by atoms with van der Waals surface area (Å²) in [5, 5.41) is -1.32. The Balaban J connectivity index is 0.0000116. The number of carbonyl (C=O) groups excluding carboxylic acids is 2. The van der Waals surface area contributed by atoms with E-state index in [4.69, 9.17) is 9.47 Å². The van der Waals surface area contributed by atoms with Crippen molar-refractivity contribution in [3.8, 4) is 0 Å². The fourth-order valence-corrected chi connectivity index (χ4v) is 4.32. The zero-order chi connectivity index (χ0) is 25.2. The molecule has 1 aromatic carbocycles. The summed E-state index contributed by atoms with van der Waals surface area (Å²) in [6, 6.07) is 6.05. The SMILES string of the molecule is CCCCCCCCCCCCCCOC(=O)c1ccccc1C(=O)OCC(CC)S(=O)(=O)[O-].[K+]. The number of ether oxygens (including phenoxy) is 2. The average molecular weight is 537 g/mol. The van der Waals surface area contributed by atoms with E-state index in [-0.39, 0.29) is 75.5 Å². The number of carbonyl (C=O) groups is 2. The van der Waals surface area contributed by atoms with Crippen molar-refractivity contribution in [2.24, 2.45) is 0 Å². The van der Waals surface area contributed by atoms with E-state index in [9.17, 15) is 22.6 Å². The Kier molecular flexibility index (Phi) is 20.6. The number of rotatable bonds is 19. The molecule has 0 N–H and O–H groups in total. The molecule has 0 aromatic heterocycles. The van der Waals surface area contributed by atoms with Crippen LogP contribution in [0.25, 0.3) is 0 Å². The molecule has 1 rings (SSSR count). The number of hydrogen-bond acceptors (Lipinski definition) is 7. The van der Waals surface area contributed by atoms with Crippen LogP contribution in [0.4, 0.5) is 0 Å². The number of esters is 2. The van der Waals surface area contributed by atoms with E-state index in [0.29, 0.717) is 0 Å². The Morgan fingerprint density at radius 1 is 0.771 bits per heavy atom. The Morgan fingerprint density at radius 3 is 1.63 bits per heavy atom. The molecule has 194 valence electrons. The van der Waals surface area contributed by atoms with Crippen molar-refractivity contribution in [2.45, 2.75) is 103 Å². The van der Waals surface area contributed by atoms with Crippen molar-refractivity contribution in [1.82, 2.24) is 0 Å². The zero-order valence-electron chi connectivity index (χ0n) is 21.8. The van der Waals surface area contributed by atoms with Gasteiger partial charge in [-0.05, 0) is 25.0 Å². The van der Waals surface area contributed by atoms with Crippen molar-refractivity contribution < 1.29 is 83.4 Å². The molecule has 1 atom stereocenters. The first-order valence-corrected chi connectivity index (χ1v) is 14.2. The van der Waals surface area contributed by atoms with E-state index in [1.807, 2.05) is 0 Å². The third-order valence-electron chi connectivity index (χ3n) is 5.86. The largest absolute Gasteiger partial charge is 1.00 e. The van der Waals surface area contributed by atoms with Crippen LogP contribution in [0, 0.1) is 0 Å². The van der Waals surface area contributed by atoms with Crippen molar-refractivity contribution >= 4 is 22.1 Å². The van der Waals surface area contributed by atoms with E-state index < -0.39 is 33.9 Å². The minimum Gasteiger partial charge on any atom is -0.748 e. The molecular weight excluding hydrogens is 495 g/mol. The smallest absolute Gasteiger partial charge is 0.748 e. The van der Waals surface area contributed by atoms with Crippen LogP contribution in [-0.2, 0) is 19.6 Å². The number of benzene rings is 1. The van der Waals surface area contributed by atoms with Gasteiger partial charge in [0, 0.05) is 0 Å². The normalized spacial score (nSPS) is 12.0. The van der Waals surface area contributed by atoms with Gasteiger partial charge < -0.3 is 14.0 Å². The predicted molar refractivity (Wildman–Crippen MR) is 132 cm³/mol. The molecule has 1 aromatic rings. The molecule has 0 saturated heterocycles. The van der Waals surface area contributed by atoms with Crippen molar-refractivity contribution in [2.75, 3.05) is 13.2 Å². The van der Waals surface area contributed by atoms with Gasteiger partial charge in [0.25, 0.3) is 0 Å². The maximum atomic E-state index is 12.4. The maximum absolute atomic E-state index is 12.4. The molecule has 7 nitrogen and oxygen atoms in total. The van der Waals surface area contributed by atoms with Crippen molar-refractivity contribution in [3.63, 3.8) is 0 Å². The molecule has 0 bridgehead atoms. The van der Waals surface area contributed by atoms with Gasteiger partial charge in [0.2, 0.25) is 0 Å². The first-order valence-electron chi connectivity index (χ1n) is 12.7. The third kappa shape index (κ3) is 15.5. The standard InChI is InChI=1S/C26H42O7S.K/c1-3-5-6-7-8-9-10-11-12-13-14-17-20-32-25(27)23-18-15-16-19-24(23)26(28)33-21-22(4-2)34(29,30)31;/h15-16,18-19,22H,3-14,17,20-21H2,1-2H3,(H,29,30,31);/q;+1/p-1. The molecule has 0 fully saturated rings. The van der Waals surface area contributed by atoms with E-state index in [2.05, 4.69) is 6.92 Å². The quantitative estimate of drug-likeness (QED) is 0.116. The molecule has 9 heteroatoms. The van der Waals surface area contributed by atoms with Gasteiger partial charge in [-0.2, -0.15) is 0 Å². The number of unbranched alkanes of at least 4 members (excludes halogenated alkanes) is 11. The average Bonchev–Trinajstić information content (AvgIpc) is 2.81. The Bertz CT molecular complexity index is 827. The summed E-state index contributed by atoms with van der Waals surface area (Å²) < 4.78 is 43.8. The van der Waals surface area contributed by atoms with Crippen LogP contribution in [0.15, 0.2) is 24.3 Å². The fourth-order valence-electron chi connectivity index (χ4n) is 3.68. The van der Waals surface area contributed by atoms with Gasteiger partial charge in [0.15, 0.2) is 0 Å². The summed E-state index contributed by atoms with van der Waals surface area (Å²) in [7, 11) is -4.57. The van der Waals surface area contributed by atoms with Gasteiger partial charge in [-0.1, -0.05) is 96.6 Å². The summed E-state index contributed by atoms with van der Waals surface area (Å²) >= 11 is 0. The Labute approximate surface area is 254 Å². The molecule has 1 unspecified atom stereocenters. The summed E-state index contributed by atoms with van der Waals surface area (Å²) in [6.07, 6.45) is 14.6. The first kappa shape index (κ1) is 34.7. The van der Waals surface area contributed by atoms with E-state index in [1.54, 1.807) is 12.1 Å². The summed E-state index contributed by atoms with van der Waals surface area (Å²) in [6.45, 7) is 3.47. The van der Waals surface area contributed by atoms with Crippen molar-refractivity contribution in [1.29, 1.82) is 0 Å². The molecule has 0 aliphatic carbocycles. The summed E-state index contributed by atoms with van der Waals surface area (Å²) in [5.74, 6) is -1.49. The van der Waals surface area contributed by atoms with Gasteiger partial charge in [0.05, 0.1) is 23.0 Å². The van der Waals surface area contributed by atoms with E-state index in [1.165, 1.54) is 76.8 Å². The van der Waals surface area contributed by atoms with Crippen LogP contribution in [-0.4, -0.2) is 43.4 Å². The van der Waals surface area contributed by atoms with Crippen LogP contribution in [0.3, 0.4) is 0 Å². The van der Waals surface area contributed by atoms with Gasteiger partial charge in [-0.15, -0.1) is 0 Å². The Hall–Kier alpha value is -0.294. The van der Waals surface area contributed by atoms with Gasteiger partial charge in [-0.25, -0.2) is 18.0 Å². The molecular formula is C26H41KO7S. The van der Waals surface area contributed by atoms with Crippen LogP contribution in [0.1, 0.15) is 118 Å². The molecule has 35 heavy (non-hydrogen) atoms. The Morgan fingerprint density at radius 2 is 1.20 bits per heavy atom. The van der Waals surface area contributed by atoms with Crippen molar-refractivity contribution in [3.05, 3.63) is 35.4 Å². The molecule has 0 aliphatic rings. The molecule has 0 aliphatic heterocycles. The second kappa shape index (κ2) is 20.7. The van der Waals surface area contributed by atoms with Crippen LogP contribution in [0.2, 0.25) is 0 Å². The van der Waals surface area contributed by atoms with Crippen LogP contribution in [0.5, 0.6) is 0 Å². The predicted octanol–water partition coefficient (Wildman–Crippen LogP) is 3.03. The summed E-state index contributed by atoms with van der Waals surface area (Å²) in [4.78, 5) is 24.8. The third-order valence-corrected chi connectivity index (χ3v) is 7.15. The molecule has 0 spiro atoms. The minimum absolute atomic E-state index is 0. The molecule has 0 heterocycles. The fraction of sp³-hybridized carbons (Fsp3) is 0.692. The second-order valence-electron chi connectivity index (χ2n) is 8.69. The molecule has 0 saturated carbocycles. The second-order valence-corrected chi connectivity index (χ2v) is 10.3. The molecule has 0 radical (unpaired) electrons. The topological polar surface area (TPSA) is 110 Å². The molecule has 0 amide bonds. The van der Waals surface area contributed by atoms with E-state index >= 15 is 0 Å². The summed E-state index contributed by atoms with van der Waals surface area (Å²) in [5.41, 5.74) is 0.0461. The van der Waals surface area contributed by atoms with Gasteiger partial charge in [-0.3, -0.25) is 0 Å². The number of hydrogen-bond donors (Lipinski definition) is 0. The van der Waals surface area contributed by atoms with Crippen LogP contribution >= 0.6 is 0 Å².